The fraction of sp³-hybridized carbons (Fsp3) is 0.417. The van der Waals surface area contributed by atoms with Crippen LogP contribution in [0.4, 0.5) is 0 Å². The highest BCUT2D eigenvalue weighted by molar-refractivity contribution is 5.83. The smallest absolute Gasteiger partial charge is 0.263 e. The summed E-state index contributed by atoms with van der Waals surface area (Å²) in [4.78, 5) is 28.8. The van der Waals surface area contributed by atoms with E-state index in [0.29, 0.717) is 31.9 Å². The molecule has 0 spiro atoms. The van der Waals surface area contributed by atoms with E-state index in [-0.39, 0.29) is 11.8 Å². The van der Waals surface area contributed by atoms with Crippen molar-refractivity contribution in [1.82, 2.24) is 9.80 Å². The molecule has 5 nitrogen and oxygen atoms in total. The molecule has 29 heavy (non-hydrogen) atoms. The Morgan fingerprint density at radius 2 is 1.34 bits per heavy atom. The third kappa shape index (κ3) is 5.17. The number of hydrogen-bond donors (Lipinski definition) is 0. The van der Waals surface area contributed by atoms with Crippen molar-refractivity contribution in [2.24, 2.45) is 5.41 Å². The van der Waals surface area contributed by atoms with Gasteiger partial charge in [0, 0.05) is 31.6 Å². The predicted octanol–water partition coefficient (Wildman–Crippen LogP) is 3.84. The number of piperazine rings is 1. The van der Waals surface area contributed by atoms with Gasteiger partial charge >= 0.3 is 0 Å². The van der Waals surface area contributed by atoms with Crippen LogP contribution in [0.15, 0.2) is 54.6 Å². The average Bonchev–Trinajstić information content (AvgIpc) is 2.73. The van der Waals surface area contributed by atoms with E-state index in [1.165, 1.54) is 0 Å². The number of rotatable bonds is 4. The largest absolute Gasteiger partial charge is 0.481 e. The number of carbonyl (C=O) groups excluding carboxylic acids is 2. The van der Waals surface area contributed by atoms with E-state index < -0.39 is 11.5 Å². The molecule has 1 fully saturated rings. The molecule has 154 valence electrons. The minimum Gasteiger partial charge on any atom is -0.481 e. The first-order valence-corrected chi connectivity index (χ1v) is 10.2. The lowest BCUT2D eigenvalue weighted by atomic mass is 9.94. The van der Waals surface area contributed by atoms with Crippen molar-refractivity contribution >= 4 is 11.8 Å². The molecule has 2 aromatic rings. The molecule has 0 aliphatic carbocycles. The first-order chi connectivity index (χ1) is 13.8. The van der Waals surface area contributed by atoms with Crippen LogP contribution in [0.3, 0.4) is 0 Å². The van der Waals surface area contributed by atoms with E-state index in [4.69, 9.17) is 4.74 Å². The lowest BCUT2D eigenvalue weighted by molar-refractivity contribution is -0.147. The molecule has 0 saturated carbocycles. The standard InChI is InChI=1S/C24H30N2O3/c1-18(22(27)25-14-16-26(17-15-25)23(28)24(2,3)4)29-21-12-10-20(11-13-21)19-8-6-5-7-9-19/h5-13,18H,14-17H2,1-4H3. The number of hydrogen-bond acceptors (Lipinski definition) is 3. The molecule has 1 heterocycles. The zero-order valence-electron chi connectivity index (χ0n) is 17.7. The van der Waals surface area contributed by atoms with E-state index in [0.717, 1.165) is 11.1 Å². The first-order valence-electron chi connectivity index (χ1n) is 10.2. The van der Waals surface area contributed by atoms with Gasteiger partial charge in [-0.25, -0.2) is 0 Å². The monoisotopic (exact) mass is 394 g/mol. The summed E-state index contributed by atoms with van der Waals surface area (Å²) in [6.07, 6.45) is -0.567. The number of ether oxygens (including phenoxy) is 1. The second-order valence-corrected chi connectivity index (χ2v) is 8.52. The Balaban J connectivity index is 1.54. The summed E-state index contributed by atoms with van der Waals surface area (Å²) in [7, 11) is 0. The number of amides is 2. The van der Waals surface area contributed by atoms with Crippen LogP contribution < -0.4 is 4.74 Å². The van der Waals surface area contributed by atoms with E-state index in [9.17, 15) is 9.59 Å². The van der Waals surface area contributed by atoms with Gasteiger partial charge in [-0.1, -0.05) is 63.2 Å². The first kappa shape index (κ1) is 20.9. The molecule has 1 unspecified atom stereocenters. The molecule has 2 aromatic carbocycles. The van der Waals surface area contributed by atoms with Crippen molar-refractivity contribution in [3.63, 3.8) is 0 Å². The Morgan fingerprint density at radius 1 is 0.828 bits per heavy atom. The van der Waals surface area contributed by atoms with Gasteiger partial charge in [0.1, 0.15) is 5.75 Å². The Bertz CT molecular complexity index is 833. The topological polar surface area (TPSA) is 49.9 Å². The summed E-state index contributed by atoms with van der Waals surface area (Å²) >= 11 is 0. The van der Waals surface area contributed by atoms with Gasteiger partial charge in [0.15, 0.2) is 6.10 Å². The predicted molar refractivity (Wildman–Crippen MR) is 115 cm³/mol. The van der Waals surface area contributed by atoms with E-state index in [1.807, 2.05) is 68.1 Å². The normalized spacial score (nSPS) is 15.7. The summed E-state index contributed by atoms with van der Waals surface area (Å²) < 4.78 is 5.88. The van der Waals surface area contributed by atoms with Crippen LogP contribution in [0.5, 0.6) is 5.75 Å². The minimum atomic E-state index is -0.567. The van der Waals surface area contributed by atoms with Crippen molar-refractivity contribution in [3.05, 3.63) is 54.6 Å². The Morgan fingerprint density at radius 3 is 1.90 bits per heavy atom. The van der Waals surface area contributed by atoms with E-state index >= 15 is 0 Å². The molecule has 0 aromatic heterocycles. The van der Waals surface area contributed by atoms with Crippen LogP contribution in [0.25, 0.3) is 11.1 Å². The summed E-state index contributed by atoms with van der Waals surface area (Å²) in [5.41, 5.74) is 1.86. The molecule has 0 bridgehead atoms. The molecule has 1 saturated heterocycles. The van der Waals surface area contributed by atoms with Crippen molar-refractivity contribution in [3.8, 4) is 16.9 Å². The van der Waals surface area contributed by atoms with Crippen LogP contribution >= 0.6 is 0 Å². The molecule has 1 aliphatic rings. The van der Waals surface area contributed by atoms with Gasteiger partial charge in [0.05, 0.1) is 0 Å². The van der Waals surface area contributed by atoms with Gasteiger partial charge in [-0.05, 0) is 30.2 Å². The van der Waals surface area contributed by atoms with Gasteiger partial charge in [-0.15, -0.1) is 0 Å². The second kappa shape index (κ2) is 8.68. The Kier molecular flexibility index (Phi) is 6.26. The maximum absolute atomic E-state index is 12.8. The van der Waals surface area contributed by atoms with Gasteiger partial charge in [-0.3, -0.25) is 9.59 Å². The zero-order chi connectivity index (χ0) is 21.0. The summed E-state index contributed by atoms with van der Waals surface area (Å²) in [5, 5.41) is 0. The lowest BCUT2D eigenvalue weighted by Crippen LogP contribution is -2.55. The maximum atomic E-state index is 12.8. The van der Waals surface area contributed by atoms with Gasteiger partial charge in [0.2, 0.25) is 5.91 Å². The van der Waals surface area contributed by atoms with Crippen LogP contribution in [-0.4, -0.2) is 53.9 Å². The number of carbonyl (C=O) groups is 2. The van der Waals surface area contributed by atoms with Crippen LogP contribution in [0, 0.1) is 5.41 Å². The van der Waals surface area contributed by atoms with Crippen LogP contribution in [0.1, 0.15) is 27.7 Å². The minimum absolute atomic E-state index is 0.0417. The van der Waals surface area contributed by atoms with Crippen LogP contribution in [0.2, 0.25) is 0 Å². The van der Waals surface area contributed by atoms with Gasteiger partial charge in [-0.2, -0.15) is 0 Å². The lowest BCUT2D eigenvalue weighted by Gasteiger charge is -2.38. The summed E-state index contributed by atoms with van der Waals surface area (Å²) in [5.74, 6) is 0.763. The van der Waals surface area contributed by atoms with Crippen molar-refractivity contribution < 1.29 is 14.3 Å². The highest BCUT2D eigenvalue weighted by Gasteiger charge is 2.32. The Labute approximate surface area is 173 Å². The highest BCUT2D eigenvalue weighted by atomic mass is 16.5. The molecule has 0 radical (unpaired) electrons. The number of nitrogens with zero attached hydrogens (tertiary/aromatic N) is 2. The molecule has 5 heteroatoms. The molecule has 3 rings (SSSR count). The molecule has 1 aliphatic heterocycles. The summed E-state index contributed by atoms with van der Waals surface area (Å²) in [6, 6.07) is 17.9. The average molecular weight is 395 g/mol. The SMILES string of the molecule is CC(Oc1ccc(-c2ccccc2)cc1)C(=O)N1CCN(C(=O)C(C)(C)C)CC1. The third-order valence-electron chi connectivity index (χ3n) is 5.14. The molecule has 2 amide bonds. The third-order valence-corrected chi connectivity index (χ3v) is 5.14. The fourth-order valence-corrected chi connectivity index (χ4v) is 3.47. The molecule has 0 N–H and O–H groups in total. The Hall–Kier alpha value is -2.82. The molecular weight excluding hydrogens is 364 g/mol. The number of benzene rings is 2. The quantitative estimate of drug-likeness (QED) is 0.792. The van der Waals surface area contributed by atoms with Crippen LogP contribution in [-0.2, 0) is 9.59 Å². The highest BCUT2D eigenvalue weighted by Crippen LogP contribution is 2.23. The second-order valence-electron chi connectivity index (χ2n) is 8.52. The fourth-order valence-electron chi connectivity index (χ4n) is 3.47. The van der Waals surface area contributed by atoms with Crippen molar-refractivity contribution in [1.29, 1.82) is 0 Å². The zero-order valence-corrected chi connectivity index (χ0v) is 17.7. The summed E-state index contributed by atoms with van der Waals surface area (Å²) in [6.45, 7) is 9.77. The van der Waals surface area contributed by atoms with E-state index in [1.54, 1.807) is 11.8 Å². The molecule has 1 atom stereocenters. The van der Waals surface area contributed by atoms with Crippen molar-refractivity contribution in [2.75, 3.05) is 26.2 Å². The maximum Gasteiger partial charge on any atom is 0.263 e. The van der Waals surface area contributed by atoms with Gasteiger partial charge in [0.25, 0.3) is 5.91 Å². The van der Waals surface area contributed by atoms with Crippen molar-refractivity contribution in [2.45, 2.75) is 33.8 Å². The van der Waals surface area contributed by atoms with E-state index in [2.05, 4.69) is 12.1 Å². The van der Waals surface area contributed by atoms with Gasteiger partial charge < -0.3 is 14.5 Å². The molecular formula is C24H30N2O3.